The fourth-order valence-corrected chi connectivity index (χ4v) is 5.70. The van der Waals surface area contributed by atoms with E-state index < -0.39 is 10.0 Å². The molecule has 2 N–H and O–H groups in total. The Labute approximate surface area is 148 Å². The first-order chi connectivity index (χ1) is 12.0. The Morgan fingerprint density at radius 1 is 1.16 bits per heavy atom. The van der Waals surface area contributed by atoms with Gasteiger partial charge in [0.15, 0.2) is 0 Å². The summed E-state index contributed by atoms with van der Waals surface area (Å²) in [6.45, 7) is 0. The smallest absolute Gasteiger partial charge is 0.214 e. The van der Waals surface area contributed by atoms with Crippen LogP contribution in [0.2, 0.25) is 0 Å². The second kappa shape index (κ2) is 6.57. The summed E-state index contributed by atoms with van der Waals surface area (Å²) < 4.78 is 27.9. The van der Waals surface area contributed by atoms with Gasteiger partial charge in [-0.3, -0.25) is 0 Å². The van der Waals surface area contributed by atoms with Crippen LogP contribution in [0.25, 0.3) is 11.0 Å². The van der Waals surface area contributed by atoms with Crippen LogP contribution in [0.15, 0.2) is 18.6 Å². The normalized spacial score (nSPS) is 25.0. The second-order valence-corrected chi connectivity index (χ2v) is 9.26. The minimum absolute atomic E-state index is 0.174. The summed E-state index contributed by atoms with van der Waals surface area (Å²) >= 11 is 0. The SMILES string of the molecule is CN(c1ncnc2[nH]ccc12)C1CCC(S(=O)(=O)NC2CCC2)CC1. The summed E-state index contributed by atoms with van der Waals surface area (Å²) in [7, 11) is -1.14. The number of nitrogens with zero attached hydrogens (tertiary/aromatic N) is 3. The predicted octanol–water partition coefficient (Wildman–Crippen LogP) is 2.18. The zero-order valence-electron chi connectivity index (χ0n) is 14.5. The number of rotatable bonds is 5. The zero-order chi connectivity index (χ0) is 17.4. The highest BCUT2D eigenvalue weighted by molar-refractivity contribution is 7.90. The molecular formula is C17H25N5O2S. The third-order valence-corrected chi connectivity index (χ3v) is 7.74. The number of hydrogen-bond donors (Lipinski definition) is 2. The summed E-state index contributed by atoms with van der Waals surface area (Å²) in [4.78, 5) is 14.0. The van der Waals surface area contributed by atoms with Crippen LogP contribution >= 0.6 is 0 Å². The monoisotopic (exact) mass is 363 g/mol. The van der Waals surface area contributed by atoms with E-state index in [0.29, 0.717) is 18.9 Å². The van der Waals surface area contributed by atoms with Gasteiger partial charge in [-0.05, 0) is 44.6 Å². The van der Waals surface area contributed by atoms with Crippen LogP contribution in [-0.2, 0) is 10.0 Å². The molecule has 136 valence electrons. The summed E-state index contributed by atoms with van der Waals surface area (Å²) in [6, 6.07) is 2.47. The van der Waals surface area contributed by atoms with Crippen LogP contribution in [0.1, 0.15) is 44.9 Å². The van der Waals surface area contributed by atoms with Crippen molar-refractivity contribution in [1.82, 2.24) is 19.7 Å². The van der Waals surface area contributed by atoms with E-state index in [1.807, 2.05) is 19.3 Å². The molecule has 0 radical (unpaired) electrons. The first-order valence-corrected chi connectivity index (χ1v) is 10.6. The van der Waals surface area contributed by atoms with Crippen LogP contribution in [0.3, 0.4) is 0 Å². The minimum Gasteiger partial charge on any atom is -0.356 e. The van der Waals surface area contributed by atoms with Crippen LogP contribution < -0.4 is 9.62 Å². The third kappa shape index (κ3) is 3.25. The molecule has 0 unspecified atom stereocenters. The van der Waals surface area contributed by atoms with Gasteiger partial charge >= 0.3 is 0 Å². The Hall–Kier alpha value is -1.67. The van der Waals surface area contributed by atoms with Gasteiger partial charge < -0.3 is 9.88 Å². The average molecular weight is 363 g/mol. The lowest BCUT2D eigenvalue weighted by atomic mass is 9.94. The number of sulfonamides is 1. The Kier molecular flexibility index (Phi) is 4.41. The van der Waals surface area contributed by atoms with Crippen LogP contribution in [0, 0.1) is 0 Å². The number of aromatic amines is 1. The lowest BCUT2D eigenvalue weighted by Gasteiger charge is -2.36. The summed E-state index contributed by atoms with van der Waals surface area (Å²) in [5.41, 5.74) is 0.831. The Morgan fingerprint density at radius 3 is 2.60 bits per heavy atom. The van der Waals surface area contributed by atoms with E-state index in [4.69, 9.17) is 0 Å². The number of anilines is 1. The predicted molar refractivity (Wildman–Crippen MR) is 98.0 cm³/mol. The van der Waals surface area contributed by atoms with E-state index in [2.05, 4.69) is 24.6 Å². The van der Waals surface area contributed by atoms with Crippen molar-refractivity contribution in [3.8, 4) is 0 Å². The van der Waals surface area contributed by atoms with E-state index in [1.165, 1.54) is 0 Å². The average Bonchev–Trinajstić information content (AvgIpc) is 3.06. The molecule has 8 heteroatoms. The van der Waals surface area contributed by atoms with E-state index >= 15 is 0 Å². The summed E-state index contributed by atoms with van der Waals surface area (Å²) in [5.74, 6) is 0.908. The fraction of sp³-hybridized carbons (Fsp3) is 0.647. The van der Waals surface area contributed by atoms with E-state index in [-0.39, 0.29) is 11.3 Å². The Bertz CT molecular complexity index is 838. The quantitative estimate of drug-likeness (QED) is 0.850. The second-order valence-electron chi connectivity index (χ2n) is 7.27. The first-order valence-electron chi connectivity index (χ1n) is 9.06. The molecule has 0 amide bonds. The topological polar surface area (TPSA) is 91.0 Å². The number of nitrogens with one attached hydrogen (secondary N) is 2. The summed E-state index contributed by atoms with van der Waals surface area (Å²) in [6.07, 6.45) is 9.68. The molecule has 7 nitrogen and oxygen atoms in total. The van der Waals surface area contributed by atoms with E-state index in [9.17, 15) is 8.42 Å². The molecule has 2 aliphatic carbocycles. The number of aromatic nitrogens is 3. The molecule has 2 aromatic rings. The molecular weight excluding hydrogens is 338 g/mol. The van der Waals surface area contributed by atoms with Gasteiger partial charge in [-0.1, -0.05) is 6.42 Å². The highest BCUT2D eigenvalue weighted by Crippen LogP contribution is 2.31. The van der Waals surface area contributed by atoms with Crippen LogP contribution in [0.4, 0.5) is 5.82 Å². The third-order valence-electron chi connectivity index (χ3n) is 5.73. The first kappa shape index (κ1) is 16.8. The van der Waals surface area contributed by atoms with Gasteiger partial charge in [0, 0.05) is 25.3 Å². The van der Waals surface area contributed by atoms with E-state index in [1.54, 1.807) is 6.33 Å². The Morgan fingerprint density at radius 2 is 1.92 bits per heavy atom. The maximum Gasteiger partial charge on any atom is 0.214 e. The molecule has 0 bridgehead atoms. The van der Waals surface area contributed by atoms with Gasteiger partial charge in [0.25, 0.3) is 0 Å². The largest absolute Gasteiger partial charge is 0.356 e. The molecule has 0 saturated heterocycles. The maximum atomic E-state index is 12.5. The van der Waals surface area contributed by atoms with Crippen molar-refractivity contribution in [2.45, 2.75) is 62.3 Å². The Balaban J connectivity index is 1.42. The highest BCUT2D eigenvalue weighted by Gasteiger charge is 2.35. The minimum atomic E-state index is -3.18. The molecule has 25 heavy (non-hydrogen) atoms. The van der Waals surface area contributed by atoms with Crippen molar-refractivity contribution < 1.29 is 8.42 Å². The van der Waals surface area contributed by atoms with Gasteiger partial charge in [-0.2, -0.15) is 0 Å². The number of H-pyrrole nitrogens is 1. The van der Waals surface area contributed by atoms with Crippen molar-refractivity contribution in [3.63, 3.8) is 0 Å². The van der Waals surface area contributed by atoms with Crippen LogP contribution in [0.5, 0.6) is 0 Å². The molecule has 4 rings (SSSR count). The van der Waals surface area contributed by atoms with Gasteiger partial charge in [0.1, 0.15) is 17.8 Å². The molecule has 2 saturated carbocycles. The van der Waals surface area contributed by atoms with Crippen molar-refractivity contribution in [1.29, 1.82) is 0 Å². The van der Waals surface area contributed by atoms with E-state index in [0.717, 1.165) is 49.0 Å². The molecule has 0 atom stereocenters. The van der Waals surface area contributed by atoms with Crippen molar-refractivity contribution in [2.24, 2.45) is 0 Å². The van der Waals surface area contributed by atoms with Gasteiger partial charge in [-0.15, -0.1) is 0 Å². The molecule has 2 aromatic heterocycles. The van der Waals surface area contributed by atoms with Gasteiger partial charge in [0.2, 0.25) is 10.0 Å². The van der Waals surface area contributed by atoms with Crippen LogP contribution in [-0.4, -0.2) is 47.8 Å². The van der Waals surface area contributed by atoms with Gasteiger partial charge in [0.05, 0.1) is 10.6 Å². The van der Waals surface area contributed by atoms with Crippen molar-refractivity contribution >= 4 is 26.9 Å². The highest BCUT2D eigenvalue weighted by atomic mass is 32.2. The van der Waals surface area contributed by atoms with Crippen molar-refractivity contribution in [2.75, 3.05) is 11.9 Å². The van der Waals surface area contributed by atoms with Gasteiger partial charge in [-0.25, -0.2) is 23.1 Å². The lowest BCUT2D eigenvalue weighted by Crippen LogP contribution is -2.47. The molecule has 0 aromatic carbocycles. The lowest BCUT2D eigenvalue weighted by molar-refractivity contribution is 0.372. The summed E-state index contributed by atoms with van der Waals surface area (Å²) in [5, 5.41) is 0.752. The molecule has 0 aliphatic heterocycles. The zero-order valence-corrected chi connectivity index (χ0v) is 15.3. The maximum absolute atomic E-state index is 12.5. The molecule has 2 fully saturated rings. The molecule has 0 spiro atoms. The standard InChI is InChI=1S/C17H25N5O2S/c1-22(17-15-9-10-18-16(15)19-11-20-17)13-5-7-14(8-6-13)25(23,24)21-12-3-2-4-12/h9-14,21H,2-8H2,1H3,(H,18,19,20). The number of fused-ring (bicyclic) bond motifs is 1. The number of hydrogen-bond acceptors (Lipinski definition) is 5. The molecule has 2 aliphatic rings. The fourth-order valence-electron chi connectivity index (χ4n) is 3.91. The van der Waals surface area contributed by atoms with Crippen molar-refractivity contribution in [3.05, 3.63) is 18.6 Å². The molecule has 2 heterocycles.